The van der Waals surface area contributed by atoms with Crippen LogP contribution in [0.4, 0.5) is 4.79 Å². The van der Waals surface area contributed by atoms with Crippen molar-refractivity contribution in [3.63, 3.8) is 0 Å². The number of urea groups is 1. The third kappa shape index (κ3) is 9.47. The van der Waals surface area contributed by atoms with Gasteiger partial charge in [0, 0.05) is 5.56 Å². The van der Waals surface area contributed by atoms with Gasteiger partial charge in [-0.25, -0.2) is 10.2 Å². The Morgan fingerprint density at radius 2 is 1.67 bits per heavy atom. The van der Waals surface area contributed by atoms with Gasteiger partial charge in [-0.3, -0.25) is 10.9 Å². The molecule has 6 heteroatoms. The van der Waals surface area contributed by atoms with E-state index in [2.05, 4.69) is 28.0 Å². The van der Waals surface area contributed by atoms with Crippen LogP contribution < -0.4 is 16.3 Å². The van der Waals surface area contributed by atoms with Crippen molar-refractivity contribution < 1.29 is 4.79 Å². The fraction of sp³-hybridized carbons (Fsp3) is 0.238. The van der Waals surface area contributed by atoms with Gasteiger partial charge in [-0.15, -0.1) is 0 Å². The Kier molecular flexibility index (Phi) is 12.9. The highest BCUT2D eigenvalue weighted by Crippen LogP contribution is 2.21. The summed E-state index contributed by atoms with van der Waals surface area (Å²) in [5.74, 6) is 0. The number of carbonyl (C=O) groups is 1. The molecule has 2 aromatic carbocycles. The third-order valence-corrected chi connectivity index (χ3v) is 3.27. The minimum atomic E-state index is -0.512. The summed E-state index contributed by atoms with van der Waals surface area (Å²) in [5, 5.41) is 4.40. The zero-order chi connectivity index (χ0) is 20.7. The Balaban J connectivity index is 0.00000158. The van der Waals surface area contributed by atoms with Gasteiger partial charge in [0.25, 0.3) is 0 Å². The number of hydrogen-bond acceptors (Lipinski definition) is 3. The number of nitrogens with zero attached hydrogens (tertiary/aromatic N) is 1. The average molecular weight is 389 g/mol. The van der Waals surface area contributed by atoms with Crippen LogP contribution in [0.1, 0.15) is 44.4 Å². The first-order valence-corrected chi connectivity index (χ1v) is 9.29. The molecule has 3 N–H and O–H groups in total. The van der Waals surface area contributed by atoms with Gasteiger partial charge in [-0.2, -0.15) is 5.10 Å². The minimum absolute atomic E-state index is 0.484. The van der Waals surface area contributed by atoms with Gasteiger partial charge in [-0.05, 0) is 24.1 Å². The van der Waals surface area contributed by atoms with Crippen molar-refractivity contribution in [2.75, 3.05) is 0 Å². The van der Waals surface area contributed by atoms with Crippen molar-refractivity contribution in [1.29, 1.82) is 0 Å². The summed E-state index contributed by atoms with van der Waals surface area (Å²) in [7, 11) is 0. The average Bonchev–Trinajstić information content (AvgIpc) is 2.70. The minimum Gasteiger partial charge on any atom is -0.297 e. The van der Waals surface area contributed by atoms with Crippen molar-refractivity contribution in [2.45, 2.75) is 34.6 Å². The van der Waals surface area contributed by atoms with E-state index in [0.717, 1.165) is 11.1 Å². The van der Waals surface area contributed by atoms with Crippen molar-refractivity contribution in [2.24, 2.45) is 5.10 Å². The number of amides is 2. The van der Waals surface area contributed by atoms with E-state index in [4.69, 9.17) is 11.6 Å². The maximum absolute atomic E-state index is 11.6. The van der Waals surface area contributed by atoms with E-state index in [-0.39, 0.29) is 0 Å². The molecule has 2 rings (SSSR count). The maximum atomic E-state index is 11.6. The largest absolute Gasteiger partial charge is 0.353 e. The Labute approximate surface area is 167 Å². The lowest BCUT2D eigenvalue weighted by molar-refractivity contribution is 0.239. The van der Waals surface area contributed by atoms with Crippen LogP contribution >= 0.6 is 11.6 Å². The first-order valence-electron chi connectivity index (χ1n) is 8.92. The summed E-state index contributed by atoms with van der Waals surface area (Å²) in [5.41, 5.74) is 10.6. The summed E-state index contributed by atoms with van der Waals surface area (Å²) in [6, 6.07) is 14.5. The number of aryl methyl sites for hydroxylation is 1. The van der Waals surface area contributed by atoms with Gasteiger partial charge in [0.05, 0.1) is 16.9 Å². The van der Waals surface area contributed by atoms with Crippen molar-refractivity contribution in [1.82, 2.24) is 16.3 Å². The van der Waals surface area contributed by atoms with E-state index >= 15 is 0 Å². The molecular weight excluding hydrogens is 360 g/mol. The van der Waals surface area contributed by atoms with Crippen LogP contribution in [0.3, 0.4) is 0 Å². The summed E-state index contributed by atoms with van der Waals surface area (Å²) >= 11 is 6.14. The third-order valence-electron chi connectivity index (χ3n) is 2.96. The normalized spacial score (nSPS) is 9.26. The van der Waals surface area contributed by atoms with Gasteiger partial charge in [0.1, 0.15) is 0 Å². The van der Waals surface area contributed by atoms with Gasteiger partial charge in [0.2, 0.25) is 0 Å². The SMILES string of the molecule is C=C(NNC(=O)N/N=C/c1ccccc1)c1ccc(C)cc1Cl.CC.CC. The van der Waals surface area contributed by atoms with Crippen LogP contribution in [0, 0.1) is 6.92 Å². The van der Waals surface area contributed by atoms with Crippen LogP contribution in [0.15, 0.2) is 60.2 Å². The molecule has 0 aliphatic rings. The molecule has 0 aliphatic carbocycles. The highest BCUT2D eigenvalue weighted by molar-refractivity contribution is 6.32. The van der Waals surface area contributed by atoms with Crippen LogP contribution in [-0.2, 0) is 0 Å². The standard InChI is InChI=1S/C17H17ClN4O.2C2H6/c1-12-8-9-15(16(18)10-12)13(2)20-22-17(23)21-19-11-14-6-4-3-5-7-14;2*1-2/h3-11,20H,2H2,1H3,(H2,21,22,23);2*1-2H3/b19-11+;;. The first kappa shape index (κ1) is 24.2. The van der Waals surface area contributed by atoms with E-state index < -0.39 is 6.03 Å². The Morgan fingerprint density at radius 3 is 2.26 bits per heavy atom. The molecule has 0 aromatic heterocycles. The summed E-state index contributed by atoms with van der Waals surface area (Å²) in [6.45, 7) is 13.8. The van der Waals surface area contributed by atoms with Gasteiger partial charge < -0.3 is 0 Å². The quantitative estimate of drug-likeness (QED) is 0.467. The van der Waals surface area contributed by atoms with Crippen LogP contribution in [0.2, 0.25) is 5.02 Å². The lowest BCUT2D eigenvalue weighted by Crippen LogP contribution is -2.41. The molecule has 0 saturated carbocycles. The molecule has 0 aliphatic heterocycles. The number of benzene rings is 2. The Bertz CT molecular complexity index is 730. The highest BCUT2D eigenvalue weighted by Gasteiger charge is 2.05. The Hall–Kier alpha value is -2.79. The predicted octanol–water partition coefficient (Wildman–Crippen LogP) is 5.51. The Morgan fingerprint density at radius 1 is 1.04 bits per heavy atom. The smallest absolute Gasteiger partial charge is 0.297 e. The number of halogens is 1. The molecule has 0 radical (unpaired) electrons. The molecule has 0 atom stereocenters. The number of hydrogen-bond donors (Lipinski definition) is 3. The van der Waals surface area contributed by atoms with E-state index in [9.17, 15) is 4.79 Å². The van der Waals surface area contributed by atoms with E-state index in [1.807, 2.05) is 83.1 Å². The zero-order valence-corrected chi connectivity index (χ0v) is 17.4. The topological polar surface area (TPSA) is 65.5 Å². The van der Waals surface area contributed by atoms with E-state index in [1.54, 1.807) is 6.21 Å². The van der Waals surface area contributed by atoms with E-state index in [0.29, 0.717) is 16.3 Å². The first-order chi connectivity index (χ1) is 13.1. The van der Waals surface area contributed by atoms with Gasteiger partial charge in [0.15, 0.2) is 0 Å². The second-order valence-electron chi connectivity index (χ2n) is 4.82. The molecule has 146 valence electrons. The van der Waals surface area contributed by atoms with E-state index in [1.165, 1.54) is 0 Å². The summed E-state index contributed by atoms with van der Waals surface area (Å²) < 4.78 is 0. The molecule has 0 fully saturated rings. The highest BCUT2D eigenvalue weighted by atomic mass is 35.5. The molecule has 2 amide bonds. The fourth-order valence-electron chi connectivity index (χ4n) is 1.80. The molecule has 0 bridgehead atoms. The predicted molar refractivity (Wildman–Crippen MR) is 117 cm³/mol. The van der Waals surface area contributed by atoms with Gasteiger partial charge in [-0.1, -0.05) is 88.3 Å². The molecule has 0 heterocycles. The molecule has 27 heavy (non-hydrogen) atoms. The maximum Gasteiger partial charge on any atom is 0.353 e. The van der Waals surface area contributed by atoms with Crippen LogP contribution in [0.5, 0.6) is 0 Å². The zero-order valence-electron chi connectivity index (χ0n) is 16.6. The molecule has 0 saturated heterocycles. The lowest BCUT2D eigenvalue weighted by Gasteiger charge is -2.12. The second kappa shape index (κ2) is 14.4. The fourth-order valence-corrected chi connectivity index (χ4v) is 2.15. The molecule has 2 aromatic rings. The molecule has 0 spiro atoms. The van der Waals surface area contributed by atoms with Crippen LogP contribution in [-0.4, -0.2) is 12.2 Å². The number of nitrogens with one attached hydrogen (secondary N) is 3. The van der Waals surface area contributed by atoms with Gasteiger partial charge >= 0.3 is 6.03 Å². The number of hydrazine groups is 1. The summed E-state index contributed by atoms with van der Waals surface area (Å²) in [6.07, 6.45) is 1.55. The molecular formula is C21H29ClN4O. The van der Waals surface area contributed by atoms with Crippen molar-refractivity contribution in [3.8, 4) is 0 Å². The number of carbonyl (C=O) groups excluding carboxylic acids is 1. The van der Waals surface area contributed by atoms with Crippen LogP contribution in [0.25, 0.3) is 5.70 Å². The molecule has 0 unspecified atom stereocenters. The number of hydrazone groups is 1. The second-order valence-corrected chi connectivity index (χ2v) is 5.23. The molecule has 5 nitrogen and oxygen atoms in total. The lowest BCUT2D eigenvalue weighted by atomic mass is 10.1. The van der Waals surface area contributed by atoms with Crippen molar-refractivity contribution >= 4 is 29.5 Å². The van der Waals surface area contributed by atoms with Crippen molar-refractivity contribution in [3.05, 3.63) is 76.8 Å². The number of rotatable bonds is 5. The summed E-state index contributed by atoms with van der Waals surface area (Å²) in [4.78, 5) is 11.6. The monoisotopic (exact) mass is 388 g/mol.